The average Bonchev–Trinajstić information content (AvgIpc) is 2.39. The highest BCUT2D eigenvalue weighted by atomic mass is 35.5. The van der Waals surface area contributed by atoms with Crippen molar-refractivity contribution in [1.82, 2.24) is 5.32 Å². The summed E-state index contributed by atoms with van der Waals surface area (Å²) in [6.45, 7) is 0. The number of hydrogen-bond donors (Lipinski definition) is 1. The summed E-state index contributed by atoms with van der Waals surface area (Å²) in [5, 5.41) is 3.20. The van der Waals surface area contributed by atoms with Crippen molar-refractivity contribution in [3.05, 3.63) is 70.2 Å². The summed E-state index contributed by atoms with van der Waals surface area (Å²) in [4.78, 5) is 0. The first-order valence-electron chi connectivity index (χ1n) is 5.97. The van der Waals surface area contributed by atoms with Crippen molar-refractivity contribution < 1.29 is 8.78 Å². The number of hydrogen-bond acceptors (Lipinski definition) is 1. The van der Waals surface area contributed by atoms with Crippen LogP contribution in [0.1, 0.15) is 17.2 Å². The SMILES string of the molecule is CNC(Cc1cccc(F)c1)c1ccc(Cl)c(F)c1. The van der Waals surface area contributed by atoms with Crippen molar-refractivity contribution in [1.29, 1.82) is 0 Å². The van der Waals surface area contributed by atoms with Crippen LogP contribution in [0.2, 0.25) is 5.02 Å². The molecule has 0 saturated heterocycles. The minimum Gasteiger partial charge on any atom is -0.313 e. The Morgan fingerprint density at radius 1 is 1.16 bits per heavy atom. The van der Waals surface area contributed by atoms with E-state index in [1.165, 1.54) is 24.3 Å². The summed E-state index contributed by atoms with van der Waals surface area (Å²) in [5.41, 5.74) is 1.64. The summed E-state index contributed by atoms with van der Waals surface area (Å²) in [6.07, 6.45) is 0.579. The van der Waals surface area contributed by atoms with Crippen molar-refractivity contribution in [3.63, 3.8) is 0 Å². The number of nitrogens with one attached hydrogen (secondary N) is 1. The van der Waals surface area contributed by atoms with E-state index in [1.54, 1.807) is 19.2 Å². The normalized spacial score (nSPS) is 12.4. The molecule has 19 heavy (non-hydrogen) atoms. The first-order chi connectivity index (χ1) is 9.10. The van der Waals surface area contributed by atoms with E-state index in [4.69, 9.17) is 11.6 Å². The van der Waals surface area contributed by atoms with Crippen LogP contribution in [0.5, 0.6) is 0 Å². The van der Waals surface area contributed by atoms with Crippen LogP contribution >= 0.6 is 11.6 Å². The van der Waals surface area contributed by atoms with Crippen LogP contribution in [-0.4, -0.2) is 7.05 Å². The Morgan fingerprint density at radius 2 is 1.95 bits per heavy atom. The quantitative estimate of drug-likeness (QED) is 0.889. The standard InChI is InChI=1S/C15H14ClF2N/c1-19-15(8-10-3-2-4-12(17)7-10)11-5-6-13(16)14(18)9-11/h2-7,9,15,19H,8H2,1H3. The van der Waals surface area contributed by atoms with Gasteiger partial charge in [0.1, 0.15) is 11.6 Å². The molecule has 2 aromatic rings. The second-order valence-electron chi connectivity index (χ2n) is 4.35. The fraction of sp³-hybridized carbons (Fsp3) is 0.200. The molecule has 0 aliphatic rings. The smallest absolute Gasteiger partial charge is 0.142 e. The zero-order valence-electron chi connectivity index (χ0n) is 10.5. The summed E-state index contributed by atoms with van der Waals surface area (Å²) < 4.78 is 26.6. The molecular weight excluding hydrogens is 268 g/mol. The van der Waals surface area contributed by atoms with E-state index in [-0.39, 0.29) is 16.9 Å². The van der Waals surface area contributed by atoms with Gasteiger partial charge in [-0.15, -0.1) is 0 Å². The lowest BCUT2D eigenvalue weighted by atomic mass is 9.99. The van der Waals surface area contributed by atoms with Gasteiger partial charge in [-0.25, -0.2) is 8.78 Å². The maximum absolute atomic E-state index is 13.5. The van der Waals surface area contributed by atoms with Crippen molar-refractivity contribution in [2.45, 2.75) is 12.5 Å². The van der Waals surface area contributed by atoms with E-state index in [0.717, 1.165) is 11.1 Å². The second kappa shape index (κ2) is 6.13. The Kier molecular flexibility index (Phi) is 4.51. The molecule has 2 rings (SSSR count). The number of rotatable bonds is 4. The summed E-state index contributed by atoms with van der Waals surface area (Å²) in [5.74, 6) is -0.715. The van der Waals surface area contributed by atoms with Gasteiger partial charge in [-0.1, -0.05) is 29.8 Å². The first kappa shape index (κ1) is 14.0. The Balaban J connectivity index is 2.22. The molecule has 0 heterocycles. The highest BCUT2D eigenvalue weighted by Crippen LogP contribution is 2.23. The summed E-state index contributed by atoms with van der Waals surface area (Å²) in [6, 6.07) is 11.0. The van der Waals surface area contributed by atoms with Gasteiger partial charge in [-0.2, -0.15) is 0 Å². The van der Waals surface area contributed by atoms with Crippen molar-refractivity contribution >= 4 is 11.6 Å². The lowest BCUT2D eigenvalue weighted by Gasteiger charge is -2.17. The van der Waals surface area contributed by atoms with Crippen LogP contribution < -0.4 is 5.32 Å². The maximum Gasteiger partial charge on any atom is 0.142 e. The lowest BCUT2D eigenvalue weighted by molar-refractivity contribution is 0.573. The van der Waals surface area contributed by atoms with Crippen LogP contribution in [0, 0.1) is 11.6 Å². The fourth-order valence-corrected chi connectivity index (χ4v) is 2.13. The van der Waals surface area contributed by atoms with Crippen LogP contribution in [0.3, 0.4) is 0 Å². The molecule has 1 unspecified atom stereocenters. The van der Waals surface area contributed by atoms with Crippen molar-refractivity contribution in [2.24, 2.45) is 0 Å². The first-order valence-corrected chi connectivity index (χ1v) is 6.34. The maximum atomic E-state index is 13.5. The number of benzene rings is 2. The molecule has 4 heteroatoms. The molecule has 0 fully saturated rings. The van der Waals surface area contributed by atoms with E-state index in [0.29, 0.717) is 6.42 Å². The molecule has 0 radical (unpaired) electrons. The van der Waals surface area contributed by atoms with Crippen LogP contribution in [0.25, 0.3) is 0 Å². The van der Waals surface area contributed by atoms with Gasteiger partial charge in [-0.05, 0) is 48.9 Å². The van der Waals surface area contributed by atoms with Crippen molar-refractivity contribution in [2.75, 3.05) is 7.05 Å². The van der Waals surface area contributed by atoms with Crippen molar-refractivity contribution in [3.8, 4) is 0 Å². The highest BCUT2D eigenvalue weighted by molar-refractivity contribution is 6.30. The van der Waals surface area contributed by atoms with Crippen LogP contribution in [0.15, 0.2) is 42.5 Å². The number of halogens is 3. The minimum absolute atomic E-state index is 0.0893. The summed E-state index contributed by atoms with van der Waals surface area (Å²) >= 11 is 5.66. The lowest BCUT2D eigenvalue weighted by Crippen LogP contribution is -2.19. The van der Waals surface area contributed by atoms with E-state index in [9.17, 15) is 8.78 Å². The molecule has 0 aliphatic heterocycles. The van der Waals surface area contributed by atoms with Gasteiger partial charge < -0.3 is 5.32 Å². The monoisotopic (exact) mass is 281 g/mol. The molecule has 2 aromatic carbocycles. The molecule has 0 aromatic heterocycles. The molecule has 0 spiro atoms. The van der Waals surface area contributed by atoms with Gasteiger partial charge in [0.25, 0.3) is 0 Å². The Hall–Kier alpha value is -1.45. The molecule has 0 bridgehead atoms. The molecule has 0 amide bonds. The van der Waals surface area contributed by atoms with Gasteiger partial charge in [0.05, 0.1) is 5.02 Å². The van der Waals surface area contributed by atoms with E-state index < -0.39 is 5.82 Å². The molecule has 0 aliphatic carbocycles. The van der Waals surface area contributed by atoms with Gasteiger partial charge >= 0.3 is 0 Å². The predicted octanol–water partition coefficient (Wildman–Crippen LogP) is 4.12. The molecular formula is C15H14ClF2N. The van der Waals surface area contributed by atoms with E-state index in [1.807, 2.05) is 6.07 Å². The van der Waals surface area contributed by atoms with E-state index >= 15 is 0 Å². The molecule has 1 N–H and O–H groups in total. The average molecular weight is 282 g/mol. The van der Waals surface area contributed by atoms with Gasteiger partial charge in [0.15, 0.2) is 0 Å². The molecule has 1 atom stereocenters. The molecule has 0 saturated carbocycles. The third-order valence-corrected chi connectivity index (χ3v) is 3.33. The third kappa shape index (κ3) is 3.52. The third-order valence-electron chi connectivity index (χ3n) is 3.02. The minimum atomic E-state index is -0.446. The topological polar surface area (TPSA) is 12.0 Å². The molecule has 100 valence electrons. The van der Waals surface area contributed by atoms with Gasteiger partial charge in [0, 0.05) is 6.04 Å². The highest BCUT2D eigenvalue weighted by Gasteiger charge is 2.12. The molecule has 1 nitrogen and oxygen atoms in total. The summed E-state index contributed by atoms with van der Waals surface area (Å²) in [7, 11) is 1.79. The fourth-order valence-electron chi connectivity index (χ4n) is 2.02. The predicted molar refractivity (Wildman–Crippen MR) is 73.3 cm³/mol. The Labute approximate surface area is 116 Å². The van der Waals surface area contributed by atoms with E-state index in [2.05, 4.69) is 5.32 Å². The Morgan fingerprint density at radius 3 is 2.58 bits per heavy atom. The van der Waals surface area contributed by atoms with Gasteiger partial charge in [-0.3, -0.25) is 0 Å². The van der Waals surface area contributed by atoms with Crippen LogP contribution in [0.4, 0.5) is 8.78 Å². The second-order valence-corrected chi connectivity index (χ2v) is 4.76. The van der Waals surface area contributed by atoms with Gasteiger partial charge in [0.2, 0.25) is 0 Å². The zero-order valence-corrected chi connectivity index (χ0v) is 11.2. The zero-order chi connectivity index (χ0) is 13.8. The Bertz CT molecular complexity index is 572. The number of likely N-dealkylation sites (N-methyl/N-ethyl adjacent to an activating group) is 1. The largest absolute Gasteiger partial charge is 0.313 e. The van der Waals surface area contributed by atoms with Crippen LogP contribution in [-0.2, 0) is 6.42 Å².